The van der Waals surface area contributed by atoms with Crippen molar-refractivity contribution in [3.8, 4) is 11.8 Å². The number of hydrogen-bond acceptors (Lipinski definition) is 6. The van der Waals surface area contributed by atoms with E-state index >= 15 is 0 Å². The lowest BCUT2D eigenvalue weighted by Crippen LogP contribution is -2.23. The Balaban J connectivity index is 1.57. The predicted octanol–water partition coefficient (Wildman–Crippen LogP) is 2.30. The van der Waals surface area contributed by atoms with E-state index in [1.807, 2.05) is 17.8 Å². The largest absolute Gasteiger partial charge is 0.481 e. The molecule has 0 aromatic carbocycles. The minimum atomic E-state index is -0.168. The Morgan fingerprint density at radius 3 is 2.96 bits per heavy atom. The molecule has 2 aromatic heterocycles. The zero-order valence-electron chi connectivity index (χ0n) is 13.4. The van der Waals surface area contributed by atoms with Crippen molar-refractivity contribution in [2.45, 2.75) is 19.1 Å². The first-order valence-corrected chi connectivity index (χ1v) is 8.87. The van der Waals surface area contributed by atoms with Gasteiger partial charge in [0, 0.05) is 42.4 Å². The molecular formula is C17H19N3O3S. The van der Waals surface area contributed by atoms with Crippen LogP contribution in [0.25, 0.3) is 0 Å². The molecule has 1 saturated heterocycles. The van der Waals surface area contributed by atoms with E-state index in [1.165, 1.54) is 0 Å². The van der Waals surface area contributed by atoms with E-state index in [9.17, 15) is 4.79 Å². The van der Waals surface area contributed by atoms with Crippen LogP contribution in [0.2, 0.25) is 0 Å². The number of aromatic nitrogens is 2. The van der Waals surface area contributed by atoms with Gasteiger partial charge in [0.15, 0.2) is 0 Å². The summed E-state index contributed by atoms with van der Waals surface area (Å²) in [5, 5.41) is 2.87. The summed E-state index contributed by atoms with van der Waals surface area (Å²) in [6, 6.07) is 6.99. The van der Waals surface area contributed by atoms with Crippen LogP contribution in [0, 0.1) is 0 Å². The van der Waals surface area contributed by atoms with Gasteiger partial charge in [-0.2, -0.15) is 11.8 Å². The zero-order chi connectivity index (χ0) is 16.8. The molecule has 1 aliphatic heterocycles. The quantitative estimate of drug-likeness (QED) is 0.866. The third kappa shape index (κ3) is 4.38. The number of amides is 1. The number of rotatable bonds is 6. The Bertz CT molecular complexity index is 688. The van der Waals surface area contributed by atoms with Gasteiger partial charge in [-0.1, -0.05) is 6.07 Å². The van der Waals surface area contributed by atoms with Crippen molar-refractivity contribution in [3.05, 3.63) is 47.8 Å². The van der Waals surface area contributed by atoms with E-state index in [4.69, 9.17) is 9.47 Å². The first-order valence-electron chi connectivity index (χ1n) is 7.72. The van der Waals surface area contributed by atoms with Crippen LogP contribution in [0.15, 0.2) is 36.7 Å². The third-order valence-electron chi connectivity index (χ3n) is 3.63. The van der Waals surface area contributed by atoms with Crippen LogP contribution in [-0.4, -0.2) is 40.6 Å². The SMILES string of the molecule is COc1ccc(CNC(=O)c2ccnc(OC3CCSC3)c2)cn1. The molecule has 1 fully saturated rings. The van der Waals surface area contributed by atoms with Crippen LogP contribution < -0.4 is 14.8 Å². The van der Waals surface area contributed by atoms with Crippen LogP contribution in [0.5, 0.6) is 11.8 Å². The maximum Gasteiger partial charge on any atom is 0.251 e. The number of thioether (sulfide) groups is 1. The van der Waals surface area contributed by atoms with Crippen molar-refractivity contribution < 1.29 is 14.3 Å². The van der Waals surface area contributed by atoms with Gasteiger partial charge in [-0.05, 0) is 23.8 Å². The Morgan fingerprint density at radius 1 is 1.33 bits per heavy atom. The average molecular weight is 345 g/mol. The first kappa shape index (κ1) is 16.6. The number of nitrogens with one attached hydrogen (secondary N) is 1. The monoisotopic (exact) mass is 345 g/mol. The molecule has 0 spiro atoms. The Labute approximate surface area is 145 Å². The lowest BCUT2D eigenvalue weighted by Gasteiger charge is -2.12. The lowest BCUT2D eigenvalue weighted by atomic mass is 10.2. The Kier molecular flexibility index (Phi) is 5.53. The van der Waals surface area contributed by atoms with Gasteiger partial charge in [0.1, 0.15) is 6.10 Å². The van der Waals surface area contributed by atoms with Gasteiger partial charge in [-0.3, -0.25) is 4.79 Å². The highest BCUT2D eigenvalue weighted by Gasteiger charge is 2.18. The number of carbonyl (C=O) groups is 1. The van der Waals surface area contributed by atoms with E-state index in [2.05, 4.69) is 15.3 Å². The molecule has 6 nitrogen and oxygen atoms in total. The molecular weight excluding hydrogens is 326 g/mol. The first-order chi connectivity index (χ1) is 11.7. The lowest BCUT2D eigenvalue weighted by molar-refractivity contribution is 0.0950. The molecule has 0 aliphatic carbocycles. The molecule has 7 heteroatoms. The minimum Gasteiger partial charge on any atom is -0.481 e. The average Bonchev–Trinajstić information content (AvgIpc) is 3.13. The van der Waals surface area contributed by atoms with Crippen molar-refractivity contribution in [2.75, 3.05) is 18.6 Å². The van der Waals surface area contributed by atoms with E-state index in [0.717, 1.165) is 23.5 Å². The second-order valence-corrected chi connectivity index (χ2v) is 6.53. The molecule has 3 heterocycles. The summed E-state index contributed by atoms with van der Waals surface area (Å²) in [5.74, 6) is 2.97. The molecule has 0 radical (unpaired) electrons. The highest BCUT2D eigenvalue weighted by molar-refractivity contribution is 7.99. The summed E-state index contributed by atoms with van der Waals surface area (Å²) in [7, 11) is 1.57. The van der Waals surface area contributed by atoms with Crippen LogP contribution >= 0.6 is 11.8 Å². The molecule has 1 amide bonds. The molecule has 24 heavy (non-hydrogen) atoms. The van der Waals surface area contributed by atoms with Gasteiger partial charge in [-0.25, -0.2) is 9.97 Å². The Hall–Kier alpha value is -2.28. The smallest absolute Gasteiger partial charge is 0.251 e. The second-order valence-electron chi connectivity index (χ2n) is 5.38. The van der Waals surface area contributed by atoms with E-state index in [1.54, 1.807) is 37.7 Å². The number of methoxy groups -OCH3 is 1. The Morgan fingerprint density at radius 2 is 2.25 bits per heavy atom. The van der Waals surface area contributed by atoms with Crippen molar-refractivity contribution in [3.63, 3.8) is 0 Å². The van der Waals surface area contributed by atoms with Crippen LogP contribution in [0.4, 0.5) is 0 Å². The summed E-state index contributed by atoms with van der Waals surface area (Å²) < 4.78 is 10.8. The second kappa shape index (κ2) is 8.01. The van der Waals surface area contributed by atoms with E-state index < -0.39 is 0 Å². The van der Waals surface area contributed by atoms with Crippen LogP contribution in [0.3, 0.4) is 0 Å². The van der Waals surface area contributed by atoms with Crippen molar-refractivity contribution in [2.24, 2.45) is 0 Å². The van der Waals surface area contributed by atoms with Crippen molar-refractivity contribution in [1.82, 2.24) is 15.3 Å². The fourth-order valence-corrected chi connectivity index (χ4v) is 3.41. The number of carbonyl (C=O) groups excluding carboxylic acids is 1. The van der Waals surface area contributed by atoms with Crippen LogP contribution in [-0.2, 0) is 6.54 Å². The molecule has 0 bridgehead atoms. The molecule has 0 saturated carbocycles. The van der Waals surface area contributed by atoms with Gasteiger partial charge >= 0.3 is 0 Å². The van der Waals surface area contributed by atoms with Gasteiger partial charge < -0.3 is 14.8 Å². The summed E-state index contributed by atoms with van der Waals surface area (Å²) in [6.07, 6.45) is 4.48. The predicted molar refractivity (Wildman–Crippen MR) is 92.6 cm³/mol. The summed E-state index contributed by atoms with van der Waals surface area (Å²) in [5.41, 5.74) is 1.43. The topological polar surface area (TPSA) is 73.3 Å². The highest BCUT2D eigenvalue weighted by Crippen LogP contribution is 2.22. The van der Waals surface area contributed by atoms with Gasteiger partial charge in [0.25, 0.3) is 5.91 Å². The van der Waals surface area contributed by atoms with Crippen LogP contribution in [0.1, 0.15) is 22.3 Å². The highest BCUT2D eigenvalue weighted by atomic mass is 32.2. The summed E-state index contributed by atoms with van der Waals surface area (Å²) in [6.45, 7) is 0.396. The number of pyridine rings is 2. The molecule has 2 aromatic rings. The van der Waals surface area contributed by atoms with Gasteiger partial charge in [-0.15, -0.1) is 0 Å². The van der Waals surface area contributed by atoms with E-state index in [-0.39, 0.29) is 12.0 Å². The maximum atomic E-state index is 12.3. The maximum absolute atomic E-state index is 12.3. The molecule has 1 N–H and O–H groups in total. The van der Waals surface area contributed by atoms with E-state index in [0.29, 0.717) is 23.9 Å². The normalized spacial score (nSPS) is 16.6. The number of ether oxygens (including phenoxy) is 2. The number of nitrogens with zero attached hydrogens (tertiary/aromatic N) is 2. The fraction of sp³-hybridized carbons (Fsp3) is 0.353. The van der Waals surface area contributed by atoms with Crippen molar-refractivity contribution in [1.29, 1.82) is 0 Å². The summed E-state index contributed by atoms with van der Waals surface area (Å²) >= 11 is 1.87. The minimum absolute atomic E-state index is 0.168. The molecule has 1 unspecified atom stereocenters. The molecule has 1 aliphatic rings. The third-order valence-corrected chi connectivity index (χ3v) is 4.76. The van der Waals surface area contributed by atoms with Crippen molar-refractivity contribution >= 4 is 17.7 Å². The molecule has 1 atom stereocenters. The fourth-order valence-electron chi connectivity index (χ4n) is 2.31. The standard InChI is InChI=1S/C17H19N3O3S/c1-22-15-3-2-12(9-19-15)10-20-17(21)13-4-6-18-16(8-13)23-14-5-7-24-11-14/h2-4,6,8-9,14H,5,7,10-11H2,1H3,(H,20,21). The van der Waals surface area contributed by atoms with Gasteiger partial charge in [0.05, 0.1) is 7.11 Å². The summed E-state index contributed by atoms with van der Waals surface area (Å²) in [4.78, 5) is 20.6. The molecule has 3 rings (SSSR count). The molecule has 126 valence electrons. The van der Waals surface area contributed by atoms with Gasteiger partial charge in [0.2, 0.25) is 11.8 Å². The number of hydrogen-bond donors (Lipinski definition) is 1. The zero-order valence-corrected chi connectivity index (χ0v) is 14.2.